The van der Waals surface area contributed by atoms with Gasteiger partial charge in [-0.1, -0.05) is 52.5 Å². The Morgan fingerprint density at radius 2 is 1.59 bits per heavy atom. The molecule has 0 aromatic heterocycles. The van der Waals surface area contributed by atoms with Crippen molar-refractivity contribution in [2.45, 2.75) is 19.5 Å². The second kappa shape index (κ2) is 10.9. The van der Waals surface area contributed by atoms with Crippen LogP contribution in [0.15, 0.2) is 36.4 Å². The van der Waals surface area contributed by atoms with Crippen molar-refractivity contribution in [2.75, 3.05) is 24.2 Å². The molecule has 2 amide bonds. The van der Waals surface area contributed by atoms with E-state index in [0.29, 0.717) is 15.6 Å². The molecule has 0 spiro atoms. The Bertz CT molecular complexity index is 1110. The van der Waals surface area contributed by atoms with Crippen molar-refractivity contribution in [3.63, 3.8) is 0 Å². The fraction of sp³-hybridized carbons (Fsp3) is 0.300. The van der Waals surface area contributed by atoms with Crippen LogP contribution in [0.2, 0.25) is 20.1 Å². The first-order chi connectivity index (χ1) is 14.9. The van der Waals surface area contributed by atoms with Crippen LogP contribution >= 0.6 is 46.4 Å². The van der Waals surface area contributed by atoms with E-state index in [4.69, 9.17) is 46.4 Å². The number of halogens is 4. The zero-order valence-electron chi connectivity index (χ0n) is 17.4. The van der Waals surface area contributed by atoms with Crippen molar-refractivity contribution in [1.29, 1.82) is 0 Å². The van der Waals surface area contributed by atoms with Crippen molar-refractivity contribution in [3.8, 4) is 0 Å². The van der Waals surface area contributed by atoms with Crippen molar-refractivity contribution in [2.24, 2.45) is 0 Å². The quantitative estimate of drug-likeness (QED) is 0.542. The summed E-state index contributed by atoms with van der Waals surface area (Å²) in [6.45, 7) is 0.830. The standard InChI is InChI=1S/C20H21Cl4N3O4S/c1-12(20(29)25-2)26(10-14-15(21)5-4-6-16(14)22)19(28)11-27(32(3,30)31)13-7-8-17(23)18(24)9-13/h4-9,12H,10-11H2,1-3H3,(H,25,29). The normalized spacial score (nSPS) is 12.2. The summed E-state index contributed by atoms with van der Waals surface area (Å²) < 4.78 is 25.8. The SMILES string of the molecule is CNC(=O)C(C)N(Cc1c(Cl)cccc1Cl)C(=O)CN(c1ccc(Cl)c(Cl)c1)S(C)(=O)=O. The fourth-order valence-corrected chi connectivity index (χ4v) is 4.55. The summed E-state index contributed by atoms with van der Waals surface area (Å²) >= 11 is 24.4. The highest BCUT2D eigenvalue weighted by Gasteiger charge is 2.30. The number of rotatable bonds is 8. The summed E-state index contributed by atoms with van der Waals surface area (Å²) in [4.78, 5) is 26.8. The largest absolute Gasteiger partial charge is 0.357 e. The Labute approximate surface area is 207 Å². The van der Waals surface area contributed by atoms with Gasteiger partial charge in [-0.3, -0.25) is 13.9 Å². The monoisotopic (exact) mass is 539 g/mol. The third-order valence-electron chi connectivity index (χ3n) is 4.67. The van der Waals surface area contributed by atoms with Crippen molar-refractivity contribution < 1.29 is 18.0 Å². The van der Waals surface area contributed by atoms with Gasteiger partial charge in [-0.25, -0.2) is 8.42 Å². The van der Waals surface area contributed by atoms with Gasteiger partial charge in [-0.05, 0) is 37.3 Å². The number of hydrogen-bond acceptors (Lipinski definition) is 4. The Kier molecular flexibility index (Phi) is 9.07. The van der Waals surface area contributed by atoms with E-state index in [9.17, 15) is 18.0 Å². The lowest BCUT2D eigenvalue weighted by molar-refractivity contribution is -0.139. The molecule has 2 rings (SSSR count). The number of sulfonamides is 1. The third-order valence-corrected chi connectivity index (χ3v) is 7.26. The van der Waals surface area contributed by atoms with Gasteiger partial charge >= 0.3 is 0 Å². The van der Waals surface area contributed by atoms with E-state index >= 15 is 0 Å². The second-order valence-corrected chi connectivity index (χ2v) is 10.4. The zero-order valence-corrected chi connectivity index (χ0v) is 21.2. The first-order valence-corrected chi connectivity index (χ1v) is 12.6. The Morgan fingerprint density at radius 1 is 1.00 bits per heavy atom. The summed E-state index contributed by atoms with van der Waals surface area (Å²) in [5.74, 6) is -1.09. The molecule has 0 aliphatic carbocycles. The fourth-order valence-electron chi connectivity index (χ4n) is 2.90. The lowest BCUT2D eigenvalue weighted by atomic mass is 10.1. The molecule has 0 bridgehead atoms. The Balaban J connectivity index is 2.46. The molecular formula is C20H21Cl4N3O4S. The highest BCUT2D eigenvalue weighted by atomic mass is 35.5. The molecule has 1 N–H and O–H groups in total. The number of nitrogens with zero attached hydrogens (tertiary/aromatic N) is 2. The molecule has 0 fully saturated rings. The average molecular weight is 541 g/mol. The molecule has 1 unspecified atom stereocenters. The van der Waals surface area contributed by atoms with E-state index in [1.165, 1.54) is 37.1 Å². The van der Waals surface area contributed by atoms with Crippen LogP contribution < -0.4 is 9.62 Å². The van der Waals surface area contributed by atoms with Crippen molar-refractivity contribution >= 4 is 73.9 Å². The van der Waals surface area contributed by atoms with Gasteiger partial charge in [-0.15, -0.1) is 0 Å². The molecule has 0 heterocycles. The van der Waals surface area contributed by atoms with Gasteiger partial charge in [0.05, 0.1) is 22.0 Å². The van der Waals surface area contributed by atoms with E-state index < -0.39 is 34.4 Å². The number of hydrogen-bond donors (Lipinski definition) is 1. The van der Waals surface area contributed by atoms with Crippen LogP contribution in [0.4, 0.5) is 5.69 Å². The van der Waals surface area contributed by atoms with E-state index in [1.54, 1.807) is 18.2 Å². The number of anilines is 1. The smallest absolute Gasteiger partial charge is 0.244 e. The average Bonchev–Trinajstić information content (AvgIpc) is 2.72. The maximum atomic E-state index is 13.3. The summed E-state index contributed by atoms with van der Waals surface area (Å²) in [5.41, 5.74) is 0.582. The van der Waals surface area contributed by atoms with Crippen LogP contribution in [0.1, 0.15) is 12.5 Å². The molecule has 0 aliphatic rings. The highest BCUT2D eigenvalue weighted by Crippen LogP contribution is 2.29. The number of nitrogens with one attached hydrogen (secondary N) is 1. The summed E-state index contributed by atoms with van der Waals surface area (Å²) in [5, 5.41) is 3.46. The molecule has 1 atom stereocenters. The van der Waals surface area contributed by atoms with Gasteiger partial charge in [0.1, 0.15) is 12.6 Å². The molecule has 12 heteroatoms. The Hall–Kier alpha value is -1.71. The maximum absolute atomic E-state index is 13.3. The molecule has 0 aliphatic heterocycles. The molecule has 0 saturated heterocycles. The molecule has 0 saturated carbocycles. The summed E-state index contributed by atoms with van der Waals surface area (Å²) in [7, 11) is -2.45. The minimum absolute atomic E-state index is 0.106. The van der Waals surface area contributed by atoms with Crippen LogP contribution in [0.25, 0.3) is 0 Å². The minimum atomic E-state index is -3.89. The van der Waals surface area contributed by atoms with Gasteiger partial charge in [-0.2, -0.15) is 0 Å². The summed E-state index contributed by atoms with van der Waals surface area (Å²) in [6.07, 6.45) is 0.959. The lowest BCUT2D eigenvalue weighted by Gasteiger charge is -2.31. The first-order valence-electron chi connectivity index (χ1n) is 9.23. The van der Waals surface area contributed by atoms with E-state index in [2.05, 4.69) is 5.32 Å². The molecular weight excluding hydrogens is 520 g/mol. The van der Waals surface area contributed by atoms with Gasteiger partial charge < -0.3 is 10.2 Å². The highest BCUT2D eigenvalue weighted by molar-refractivity contribution is 7.92. The lowest BCUT2D eigenvalue weighted by Crippen LogP contribution is -2.50. The van der Waals surface area contributed by atoms with Crippen molar-refractivity contribution in [3.05, 3.63) is 62.1 Å². The van der Waals surface area contributed by atoms with Crippen LogP contribution in [-0.4, -0.2) is 51.0 Å². The number of likely N-dealkylation sites (N-methyl/N-ethyl adjacent to an activating group) is 1. The maximum Gasteiger partial charge on any atom is 0.244 e. The van der Waals surface area contributed by atoms with E-state index in [-0.39, 0.29) is 22.3 Å². The molecule has 0 radical (unpaired) electrons. The predicted octanol–water partition coefficient (Wildman–Crippen LogP) is 4.23. The number of amides is 2. The molecule has 2 aromatic carbocycles. The van der Waals surface area contributed by atoms with Gasteiger partial charge in [0.15, 0.2) is 0 Å². The zero-order chi connectivity index (χ0) is 24.2. The number of carbonyl (C=O) groups excluding carboxylic acids is 2. The second-order valence-electron chi connectivity index (χ2n) is 6.88. The van der Waals surface area contributed by atoms with E-state index in [0.717, 1.165) is 10.6 Å². The van der Waals surface area contributed by atoms with Crippen LogP contribution in [0.3, 0.4) is 0 Å². The van der Waals surface area contributed by atoms with Crippen molar-refractivity contribution in [1.82, 2.24) is 10.2 Å². The number of benzene rings is 2. The molecule has 7 nitrogen and oxygen atoms in total. The van der Waals surface area contributed by atoms with Crippen LogP contribution in [0, 0.1) is 0 Å². The first kappa shape index (κ1) is 26.5. The number of carbonyl (C=O) groups is 2. The van der Waals surface area contributed by atoms with Gasteiger partial charge in [0.2, 0.25) is 21.8 Å². The molecule has 32 heavy (non-hydrogen) atoms. The summed E-state index contributed by atoms with van der Waals surface area (Å²) in [6, 6.07) is 8.13. The third kappa shape index (κ3) is 6.42. The molecule has 2 aromatic rings. The van der Waals surface area contributed by atoms with Gasteiger partial charge in [0, 0.05) is 29.2 Å². The van der Waals surface area contributed by atoms with Gasteiger partial charge in [0.25, 0.3) is 0 Å². The topological polar surface area (TPSA) is 86.8 Å². The van der Waals surface area contributed by atoms with E-state index in [1.807, 2.05) is 0 Å². The minimum Gasteiger partial charge on any atom is -0.357 e. The van der Waals surface area contributed by atoms with Crippen LogP contribution in [-0.2, 0) is 26.2 Å². The van der Waals surface area contributed by atoms with Crippen LogP contribution in [0.5, 0.6) is 0 Å². The molecule has 174 valence electrons. The Morgan fingerprint density at radius 3 is 2.09 bits per heavy atom. The predicted molar refractivity (Wildman–Crippen MR) is 129 cm³/mol.